The molecule has 1 fully saturated rings. The number of carbonyl (C=O) groups is 2. The van der Waals surface area contributed by atoms with Crippen molar-refractivity contribution in [3.8, 4) is 0 Å². The standard InChI is InChI=1S/C22H22N6O2/c1-14(29)27-10-6-15(7-11-27)19-20(24-9-8-23-19)16-12-28(13-16)22(30)21-25-17-4-2-3-5-18(17)26-21/h2-6,8-9,16H,7,10-13H2,1H3,(H,25,26). The summed E-state index contributed by atoms with van der Waals surface area (Å²) in [5, 5.41) is 0. The number of carbonyl (C=O) groups excluding carboxylic acids is 2. The van der Waals surface area contributed by atoms with Gasteiger partial charge in [0, 0.05) is 51.4 Å². The highest BCUT2D eigenvalue weighted by Gasteiger charge is 2.36. The molecule has 8 nitrogen and oxygen atoms in total. The molecule has 1 saturated heterocycles. The first kappa shape index (κ1) is 18.5. The normalized spacial score (nSPS) is 17.0. The second-order valence-corrected chi connectivity index (χ2v) is 7.74. The van der Waals surface area contributed by atoms with Crippen LogP contribution < -0.4 is 0 Å². The summed E-state index contributed by atoms with van der Waals surface area (Å²) in [6.45, 7) is 4.07. The second-order valence-electron chi connectivity index (χ2n) is 7.74. The predicted octanol–water partition coefficient (Wildman–Crippen LogP) is 2.23. The Kier molecular flexibility index (Phi) is 4.54. The van der Waals surface area contributed by atoms with E-state index in [1.54, 1.807) is 24.2 Å². The molecule has 4 heterocycles. The van der Waals surface area contributed by atoms with E-state index in [9.17, 15) is 9.59 Å². The van der Waals surface area contributed by atoms with Crippen molar-refractivity contribution in [1.29, 1.82) is 0 Å². The van der Waals surface area contributed by atoms with Crippen molar-refractivity contribution >= 4 is 28.4 Å². The molecule has 2 aliphatic heterocycles. The predicted molar refractivity (Wildman–Crippen MR) is 112 cm³/mol. The van der Waals surface area contributed by atoms with Gasteiger partial charge in [0.2, 0.25) is 5.91 Å². The van der Waals surface area contributed by atoms with Gasteiger partial charge in [-0.2, -0.15) is 0 Å². The smallest absolute Gasteiger partial charge is 0.289 e. The van der Waals surface area contributed by atoms with Gasteiger partial charge in [-0.15, -0.1) is 0 Å². The van der Waals surface area contributed by atoms with E-state index in [1.165, 1.54) is 0 Å². The van der Waals surface area contributed by atoms with E-state index < -0.39 is 0 Å². The van der Waals surface area contributed by atoms with Gasteiger partial charge in [-0.25, -0.2) is 4.98 Å². The molecule has 0 atom stereocenters. The first-order chi connectivity index (χ1) is 14.6. The Morgan fingerprint density at radius 2 is 1.90 bits per heavy atom. The van der Waals surface area contributed by atoms with Gasteiger partial charge in [0.1, 0.15) is 0 Å². The number of para-hydroxylation sites is 2. The summed E-state index contributed by atoms with van der Waals surface area (Å²) in [4.78, 5) is 44.7. The van der Waals surface area contributed by atoms with Crippen LogP contribution in [0.2, 0.25) is 0 Å². The Bertz CT molecular complexity index is 1130. The number of aromatic amines is 1. The van der Waals surface area contributed by atoms with Gasteiger partial charge in [-0.1, -0.05) is 18.2 Å². The highest BCUT2D eigenvalue weighted by atomic mass is 16.2. The van der Waals surface area contributed by atoms with Crippen molar-refractivity contribution in [3.63, 3.8) is 0 Å². The Balaban J connectivity index is 1.31. The lowest BCUT2D eigenvalue weighted by atomic mass is 9.90. The van der Waals surface area contributed by atoms with E-state index >= 15 is 0 Å². The van der Waals surface area contributed by atoms with Crippen molar-refractivity contribution in [2.24, 2.45) is 0 Å². The SMILES string of the molecule is CC(=O)N1CC=C(c2nccnc2C2CN(C(=O)c3nc4ccccc4[nH]3)C2)CC1. The fourth-order valence-electron chi connectivity index (χ4n) is 4.09. The zero-order valence-electron chi connectivity index (χ0n) is 16.7. The summed E-state index contributed by atoms with van der Waals surface area (Å²) in [5.41, 5.74) is 4.59. The van der Waals surface area contributed by atoms with E-state index in [0.717, 1.165) is 34.4 Å². The van der Waals surface area contributed by atoms with Crippen LogP contribution in [0.4, 0.5) is 0 Å². The highest BCUT2D eigenvalue weighted by Crippen LogP contribution is 2.32. The lowest BCUT2D eigenvalue weighted by molar-refractivity contribution is -0.128. The molecule has 0 aliphatic carbocycles. The number of nitrogens with one attached hydrogen (secondary N) is 1. The molecule has 0 unspecified atom stereocenters. The van der Waals surface area contributed by atoms with Crippen molar-refractivity contribution in [3.05, 3.63) is 59.9 Å². The molecule has 1 N–H and O–H groups in total. The third kappa shape index (κ3) is 3.24. The molecule has 8 heteroatoms. The quantitative estimate of drug-likeness (QED) is 0.725. The molecule has 5 rings (SSSR count). The number of fused-ring (bicyclic) bond motifs is 1. The van der Waals surface area contributed by atoms with Crippen molar-refractivity contribution in [1.82, 2.24) is 29.7 Å². The molecule has 3 aromatic rings. The van der Waals surface area contributed by atoms with Crippen LogP contribution in [0.15, 0.2) is 42.7 Å². The maximum absolute atomic E-state index is 12.8. The third-order valence-electron chi connectivity index (χ3n) is 5.83. The molecular weight excluding hydrogens is 380 g/mol. The maximum atomic E-state index is 12.8. The molecule has 2 aliphatic rings. The van der Waals surface area contributed by atoms with Crippen molar-refractivity contribution in [2.75, 3.05) is 26.2 Å². The van der Waals surface area contributed by atoms with Crippen LogP contribution in [0.3, 0.4) is 0 Å². The molecule has 0 saturated carbocycles. The summed E-state index contributed by atoms with van der Waals surface area (Å²) in [7, 11) is 0. The minimum atomic E-state index is -0.0955. The molecule has 0 spiro atoms. The van der Waals surface area contributed by atoms with Gasteiger partial charge in [0.15, 0.2) is 5.82 Å². The van der Waals surface area contributed by atoms with Crippen LogP contribution in [0.25, 0.3) is 16.6 Å². The number of likely N-dealkylation sites (tertiary alicyclic amines) is 1. The summed E-state index contributed by atoms with van der Waals surface area (Å²) in [6.07, 6.45) is 6.23. The van der Waals surface area contributed by atoms with E-state index in [0.29, 0.717) is 32.0 Å². The fourth-order valence-corrected chi connectivity index (χ4v) is 4.09. The molecule has 2 aromatic heterocycles. The lowest BCUT2D eigenvalue weighted by Crippen LogP contribution is -2.49. The Labute approximate surface area is 173 Å². The number of imidazole rings is 1. The molecule has 152 valence electrons. The van der Waals surface area contributed by atoms with Gasteiger partial charge in [-0.3, -0.25) is 19.6 Å². The number of hydrogen-bond acceptors (Lipinski definition) is 5. The van der Waals surface area contributed by atoms with Gasteiger partial charge in [0.05, 0.1) is 22.4 Å². The van der Waals surface area contributed by atoms with E-state index in [4.69, 9.17) is 0 Å². The highest BCUT2D eigenvalue weighted by molar-refractivity contribution is 5.94. The summed E-state index contributed by atoms with van der Waals surface area (Å²) in [5.74, 6) is 0.507. The molecular formula is C22H22N6O2. The number of amides is 2. The van der Waals surface area contributed by atoms with Crippen LogP contribution in [-0.4, -0.2) is 67.7 Å². The zero-order chi connectivity index (χ0) is 20.7. The monoisotopic (exact) mass is 402 g/mol. The minimum absolute atomic E-state index is 0.0865. The number of nitrogens with zero attached hydrogens (tertiary/aromatic N) is 5. The molecule has 1 aromatic carbocycles. The van der Waals surface area contributed by atoms with Crippen LogP contribution in [0.1, 0.15) is 41.3 Å². The summed E-state index contributed by atoms with van der Waals surface area (Å²) in [6, 6.07) is 7.62. The van der Waals surface area contributed by atoms with E-state index in [1.807, 2.05) is 29.2 Å². The minimum Gasteiger partial charge on any atom is -0.339 e. The topological polar surface area (TPSA) is 95.1 Å². The van der Waals surface area contributed by atoms with Gasteiger partial charge in [-0.05, 0) is 24.1 Å². The van der Waals surface area contributed by atoms with Crippen LogP contribution >= 0.6 is 0 Å². The van der Waals surface area contributed by atoms with Gasteiger partial charge >= 0.3 is 0 Å². The Morgan fingerprint density at radius 3 is 2.63 bits per heavy atom. The Morgan fingerprint density at radius 1 is 1.10 bits per heavy atom. The molecule has 0 radical (unpaired) electrons. The van der Waals surface area contributed by atoms with Crippen LogP contribution in [0, 0.1) is 0 Å². The number of rotatable bonds is 3. The number of hydrogen-bond donors (Lipinski definition) is 1. The first-order valence-corrected chi connectivity index (χ1v) is 10.1. The van der Waals surface area contributed by atoms with Gasteiger partial charge in [0.25, 0.3) is 5.91 Å². The Hall–Kier alpha value is -3.55. The lowest BCUT2D eigenvalue weighted by Gasteiger charge is -2.39. The van der Waals surface area contributed by atoms with E-state index in [-0.39, 0.29) is 17.7 Å². The number of benzene rings is 1. The van der Waals surface area contributed by atoms with E-state index in [2.05, 4.69) is 26.0 Å². The second kappa shape index (κ2) is 7.37. The maximum Gasteiger partial charge on any atom is 0.289 e. The fraction of sp³-hybridized carbons (Fsp3) is 0.318. The number of aromatic nitrogens is 4. The van der Waals surface area contributed by atoms with Crippen molar-refractivity contribution < 1.29 is 9.59 Å². The molecule has 30 heavy (non-hydrogen) atoms. The number of H-pyrrole nitrogens is 1. The summed E-state index contributed by atoms with van der Waals surface area (Å²) < 4.78 is 0. The third-order valence-corrected chi connectivity index (χ3v) is 5.83. The molecule has 0 bridgehead atoms. The molecule has 2 amide bonds. The summed E-state index contributed by atoms with van der Waals surface area (Å²) >= 11 is 0. The van der Waals surface area contributed by atoms with Crippen molar-refractivity contribution in [2.45, 2.75) is 19.3 Å². The largest absolute Gasteiger partial charge is 0.339 e. The average molecular weight is 402 g/mol. The van der Waals surface area contributed by atoms with Crippen LogP contribution in [0.5, 0.6) is 0 Å². The average Bonchev–Trinajstić information content (AvgIpc) is 3.17. The zero-order valence-corrected chi connectivity index (χ0v) is 16.7. The van der Waals surface area contributed by atoms with Gasteiger partial charge < -0.3 is 14.8 Å². The first-order valence-electron chi connectivity index (χ1n) is 10.1. The van der Waals surface area contributed by atoms with Crippen LogP contribution in [-0.2, 0) is 4.79 Å².